The molecule has 2 aromatic carbocycles. The number of aryl methyl sites for hydroxylation is 1. The quantitative estimate of drug-likeness (QED) is 0.687. The van der Waals surface area contributed by atoms with Gasteiger partial charge in [0.15, 0.2) is 0 Å². The van der Waals surface area contributed by atoms with Gasteiger partial charge < -0.3 is 10.6 Å². The molecule has 2 amide bonds. The van der Waals surface area contributed by atoms with E-state index in [1.54, 1.807) is 0 Å². The number of hydrogen-bond acceptors (Lipinski definition) is 2. The minimum atomic E-state index is -0.216. The van der Waals surface area contributed by atoms with Crippen LogP contribution >= 0.6 is 0 Å². The van der Waals surface area contributed by atoms with Gasteiger partial charge in [-0.3, -0.25) is 4.98 Å². The lowest BCUT2D eigenvalue weighted by Gasteiger charge is -2.19. The number of urea groups is 1. The fourth-order valence-corrected chi connectivity index (χ4v) is 2.85. The molecule has 0 aliphatic rings. The Morgan fingerprint density at radius 1 is 1.08 bits per heavy atom. The topological polar surface area (TPSA) is 54.0 Å². The van der Waals surface area contributed by atoms with Crippen LogP contribution in [-0.2, 0) is 12.0 Å². The van der Waals surface area contributed by atoms with E-state index in [1.165, 1.54) is 5.56 Å². The molecule has 0 saturated carbocycles. The molecule has 0 spiro atoms. The van der Waals surface area contributed by atoms with Gasteiger partial charge in [0, 0.05) is 29.2 Å². The number of hydrogen-bond donors (Lipinski definition) is 2. The van der Waals surface area contributed by atoms with E-state index in [1.807, 2.05) is 37.4 Å². The van der Waals surface area contributed by atoms with Crippen LogP contribution in [0.1, 0.15) is 37.6 Å². The molecule has 0 atom stereocenters. The van der Waals surface area contributed by atoms with Gasteiger partial charge in [-0.1, -0.05) is 57.2 Å². The molecule has 0 radical (unpaired) electrons. The lowest BCUT2D eigenvalue weighted by atomic mass is 9.87. The summed E-state index contributed by atoms with van der Waals surface area (Å²) in [4.78, 5) is 16.6. The number of aromatic nitrogens is 1. The first kappa shape index (κ1) is 17.9. The van der Waals surface area contributed by atoms with Crippen LogP contribution in [0.2, 0.25) is 0 Å². The van der Waals surface area contributed by atoms with Crippen molar-refractivity contribution in [3.05, 3.63) is 71.5 Å². The highest BCUT2D eigenvalue weighted by molar-refractivity contribution is 6.01. The zero-order chi connectivity index (χ0) is 18.7. The van der Waals surface area contributed by atoms with E-state index in [2.05, 4.69) is 60.7 Å². The average Bonchev–Trinajstić information content (AvgIpc) is 2.60. The van der Waals surface area contributed by atoms with Gasteiger partial charge in [-0.05, 0) is 35.6 Å². The number of amides is 2. The monoisotopic (exact) mass is 347 g/mol. The molecule has 3 aromatic rings. The Hall–Kier alpha value is -2.88. The van der Waals surface area contributed by atoms with E-state index in [9.17, 15) is 4.79 Å². The van der Waals surface area contributed by atoms with Crippen LogP contribution in [0.4, 0.5) is 10.5 Å². The molecule has 0 bridgehead atoms. The van der Waals surface area contributed by atoms with Crippen molar-refractivity contribution in [1.29, 1.82) is 0 Å². The Balaban J connectivity index is 1.65. The van der Waals surface area contributed by atoms with Gasteiger partial charge in [-0.15, -0.1) is 0 Å². The molecular formula is C22H25N3O. The van der Waals surface area contributed by atoms with Crippen molar-refractivity contribution in [3.8, 4) is 0 Å². The predicted molar refractivity (Wildman–Crippen MR) is 107 cm³/mol. The van der Waals surface area contributed by atoms with Crippen molar-refractivity contribution < 1.29 is 4.79 Å². The number of benzene rings is 2. The second-order valence-corrected chi connectivity index (χ2v) is 7.61. The lowest BCUT2D eigenvalue weighted by Crippen LogP contribution is -2.28. The lowest BCUT2D eigenvalue weighted by molar-refractivity contribution is 0.252. The second kappa shape index (κ2) is 7.16. The molecule has 0 saturated heterocycles. The van der Waals surface area contributed by atoms with Crippen molar-refractivity contribution in [2.45, 2.75) is 39.7 Å². The van der Waals surface area contributed by atoms with Crippen LogP contribution in [-0.4, -0.2) is 11.0 Å². The summed E-state index contributed by atoms with van der Waals surface area (Å²) in [5.41, 5.74) is 4.20. The third-order valence-electron chi connectivity index (χ3n) is 4.42. The van der Waals surface area contributed by atoms with Crippen molar-refractivity contribution in [1.82, 2.24) is 10.3 Å². The predicted octanol–water partition coefficient (Wildman–Crippen LogP) is 5.16. The number of fused-ring (bicyclic) bond motifs is 1. The third-order valence-corrected chi connectivity index (χ3v) is 4.42. The molecule has 134 valence electrons. The number of anilines is 1. The smallest absolute Gasteiger partial charge is 0.319 e. The van der Waals surface area contributed by atoms with E-state index in [0.29, 0.717) is 6.54 Å². The third kappa shape index (κ3) is 4.20. The maximum atomic E-state index is 12.3. The van der Waals surface area contributed by atoms with Gasteiger partial charge in [0.2, 0.25) is 0 Å². The highest BCUT2D eigenvalue weighted by Gasteiger charge is 2.13. The van der Waals surface area contributed by atoms with Crippen LogP contribution in [0, 0.1) is 6.92 Å². The number of carbonyl (C=O) groups is 1. The molecule has 0 aliphatic carbocycles. The molecule has 4 heteroatoms. The van der Waals surface area contributed by atoms with Crippen LogP contribution < -0.4 is 10.6 Å². The molecular weight excluding hydrogens is 322 g/mol. The summed E-state index contributed by atoms with van der Waals surface area (Å²) in [6, 6.07) is 15.9. The fraction of sp³-hybridized carbons (Fsp3) is 0.273. The van der Waals surface area contributed by atoms with E-state index in [-0.39, 0.29) is 11.4 Å². The molecule has 0 aliphatic heterocycles. The molecule has 0 fully saturated rings. The number of nitrogens with one attached hydrogen (secondary N) is 2. The molecule has 0 unspecified atom stereocenters. The summed E-state index contributed by atoms with van der Waals surface area (Å²) in [6.45, 7) is 9.00. The van der Waals surface area contributed by atoms with Crippen molar-refractivity contribution in [3.63, 3.8) is 0 Å². The Kier molecular flexibility index (Phi) is 4.94. The Labute approximate surface area is 154 Å². The second-order valence-electron chi connectivity index (χ2n) is 7.61. The first-order valence-corrected chi connectivity index (χ1v) is 8.82. The Morgan fingerprint density at radius 3 is 2.50 bits per heavy atom. The normalized spacial score (nSPS) is 11.4. The minimum Gasteiger partial charge on any atom is -0.334 e. The summed E-state index contributed by atoms with van der Waals surface area (Å²) < 4.78 is 0. The summed E-state index contributed by atoms with van der Waals surface area (Å²) in [5, 5.41) is 7.86. The largest absolute Gasteiger partial charge is 0.334 e. The summed E-state index contributed by atoms with van der Waals surface area (Å²) in [7, 11) is 0. The molecule has 4 nitrogen and oxygen atoms in total. The SMILES string of the molecule is Cc1cc2c(NC(=O)NCc3ccc(C(C)(C)C)cc3)cccc2cn1. The standard InChI is InChI=1S/C22H25N3O/c1-15-12-19-17(14-23-15)6-5-7-20(19)25-21(26)24-13-16-8-10-18(11-9-16)22(2,3)4/h5-12,14H,13H2,1-4H3,(H2,24,25,26). The van der Waals surface area contributed by atoms with Gasteiger partial charge in [0.25, 0.3) is 0 Å². The average molecular weight is 347 g/mol. The number of rotatable bonds is 3. The van der Waals surface area contributed by atoms with Gasteiger partial charge >= 0.3 is 6.03 Å². The molecule has 3 rings (SSSR count). The van der Waals surface area contributed by atoms with E-state index in [0.717, 1.165) is 27.7 Å². The van der Waals surface area contributed by atoms with Crippen molar-refractivity contribution >= 4 is 22.5 Å². The van der Waals surface area contributed by atoms with E-state index in [4.69, 9.17) is 0 Å². The zero-order valence-corrected chi connectivity index (χ0v) is 15.8. The summed E-state index contributed by atoms with van der Waals surface area (Å²) in [6.07, 6.45) is 1.82. The zero-order valence-electron chi connectivity index (χ0n) is 15.8. The number of pyridine rings is 1. The van der Waals surface area contributed by atoms with Crippen LogP contribution in [0.3, 0.4) is 0 Å². The molecule has 26 heavy (non-hydrogen) atoms. The number of nitrogens with zero attached hydrogens (tertiary/aromatic N) is 1. The highest BCUT2D eigenvalue weighted by Crippen LogP contribution is 2.24. The first-order chi connectivity index (χ1) is 12.3. The van der Waals surface area contributed by atoms with Crippen molar-refractivity contribution in [2.24, 2.45) is 0 Å². The van der Waals surface area contributed by atoms with Gasteiger partial charge in [0.1, 0.15) is 0 Å². The van der Waals surface area contributed by atoms with E-state index >= 15 is 0 Å². The summed E-state index contributed by atoms with van der Waals surface area (Å²) >= 11 is 0. The summed E-state index contributed by atoms with van der Waals surface area (Å²) in [5.74, 6) is 0. The maximum Gasteiger partial charge on any atom is 0.319 e. The van der Waals surface area contributed by atoms with E-state index < -0.39 is 0 Å². The maximum absolute atomic E-state index is 12.3. The number of carbonyl (C=O) groups excluding carboxylic acids is 1. The van der Waals surface area contributed by atoms with Gasteiger partial charge in [0.05, 0.1) is 5.69 Å². The Bertz CT molecular complexity index is 924. The molecule has 2 N–H and O–H groups in total. The van der Waals surface area contributed by atoms with Crippen LogP contribution in [0.5, 0.6) is 0 Å². The van der Waals surface area contributed by atoms with Crippen LogP contribution in [0.15, 0.2) is 54.7 Å². The van der Waals surface area contributed by atoms with Gasteiger partial charge in [-0.25, -0.2) is 4.79 Å². The van der Waals surface area contributed by atoms with Crippen molar-refractivity contribution in [2.75, 3.05) is 5.32 Å². The van der Waals surface area contributed by atoms with Gasteiger partial charge in [-0.2, -0.15) is 0 Å². The minimum absolute atomic E-state index is 0.130. The molecule has 1 heterocycles. The highest BCUT2D eigenvalue weighted by atomic mass is 16.2. The fourth-order valence-electron chi connectivity index (χ4n) is 2.85. The first-order valence-electron chi connectivity index (χ1n) is 8.82. The Morgan fingerprint density at radius 2 is 1.81 bits per heavy atom. The van der Waals surface area contributed by atoms with Crippen LogP contribution in [0.25, 0.3) is 10.8 Å². The molecule has 1 aromatic heterocycles.